The van der Waals surface area contributed by atoms with Crippen LogP contribution in [0.3, 0.4) is 0 Å². The predicted molar refractivity (Wildman–Crippen MR) is 77.5 cm³/mol. The zero-order chi connectivity index (χ0) is 12.0. The normalized spacial score (nSPS) is 18.6. The minimum absolute atomic E-state index is 0. The van der Waals surface area contributed by atoms with Crippen molar-refractivity contribution < 1.29 is 74.9 Å². The summed E-state index contributed by atoms with van der Waals surface area (Å²) in [5.41, 5.74) is 0. The monoisotopic (exact) mass is 436 g/mol. The molecule has 0 aliphatic carbocycles. The smallest absolute Gasteiger partial charge is 0.0780 e. The Hall–Kier alpha value is 2.05. The molecule has 0 amide bonds. The number of likely N-dealkylation sites (tertiary alicyclic amines) is 2. The third kappa shape index (κ3) is 12.6. The van der Waals surface area contributed by atoms with Crippen LogP contribution in [-0.2, 0) is 74.9 Å². The fraction of sp³-hybridized carbons (Fsp3) is 0.714. The van der Waals surface area contributed by atoms with E-state index in [1.54, 1.807) is 0 Å². The molecule has 0 bridgehead atoms. The molecule has 0 N–H and O–H groups in total. The number of ether oxygens (including phenoxy) is 2. The molecular weight excluding hydrogens is 406 g/mol. The first kappa shape index (κ1) is 30.0. The average molecular weight is 436 g/mol. The molecule has 118 valence electrons. The minimum Gasteiger partial charge on any atom is -0.555 e. The molecule has 20 heavy (non-hydrogen) atoms. The molecule has 0 spiro atoms. The first-order chi connectivity index (χ1) is 7.65. The Bertz CT molecular complexity index is 163. The van der Waals surface area contributed by atoms with Crippen molar-refractivity contribution in [3.63, 3.8) is 0 Å². The van der Waals surface area contributed by atoms with Crippen molar-refractivity contribution in [1.29, 1.82) is 0 Å². The van der Waals surface area contributed by atoms with Gasteiger partial charge in [-0.25, -0.2) is 7.11 Å². The van der Waals surface area contributed by atoms with E-state index in [-0.39, 0.29) is 80.3 Å². The molecular formula is C14H30N2O2Y2-4. The Balaban J connectivity index is -0.000000107. The zero-order valence-corrected chi connectivity index (χ0v) is 19.4. The molecule has 0 aromatic heterocycles. The van der Waals surface area contributed by atoms with E-state index in [1.165, 1.54) is 13.1 Å². The topological polar surface area (TPSA) is 24.9 Å². The van der Waals surface area contributed by atoms with Crippen LogP contribution in [0.2, 0.25) is 0 Å². The van der Waals surface area contributed by atoms with Gasteiger partial charge in [0, 0.05) is 97.6 Å². The Labute approximate surface area is 177 Å². The van der Waals surface area contributed by atoms with Gasteiger partial charge in [-0.05, 0) is 27.1 Å². The summed E-state index contributed by atoms with van der Waals surface area (Å²) in [7, 11) is 9.15. The predicted octanol–water partition coefficient (Wildman–Crippen LogP) is 1.75. The molecule has 0 saturated carbocycles. The van der Waals surface area contributed by atoms with Crippen LogP contribution in [0.4, 0.5) is 0 Å². The molecule has 6 heteroatoms. The number of hydrogen-bond donors (Lipinski definition) is 0. The molecule has 2 aliphatic rings. The number of hydrogen-bond acceptors (Lipinski definition) is 4. The van der Waals surface area contributed by atoms with Gasteiger partial charge in [-0.1, -0.05) is 0 Å². The van der Waals surface area contributed by atoms with Crippen LogP contribution in [0.5, 0.6) is 0 Å². The van der Waals surface area contributed by atoms with Crippen LogP contribution in [-0.4, -0.2) is 62.3 Å². The first-order valence-electron chi connectivity index (χ1n) is 5.88. The Morgan fingerprint density at radius 2 is 1.60 bits per heavy atom. The molecule has 4 nitrogen and oxygen atoms in total. The number of rotatable bonds is 4. The SMILES string of the molecule is [CH2-]N1CC(OCC)C1.[CH2-]OCC1CN(C)C1.[CH3-].[CH3-].[Y].[Y]. The van der Waals surface area contributed by atoms with Gasteiger partial charge >= 0.3 is 0 Å². The average Bonchev–Trinajstić information content (AvgIpc) is 2.15. The standard InChI is InChI=1S/2C6H12NO.2CH3.2Y/c1-7-3-6(4-7)5-8-2;1-3-8-6-4-7(2)5-6;;;;/h2*6H,2-5H2,1H3;2*1H3;;/q4*-1;;. The first-order valence-corrected chi connectivity index (χ1v) is 5.88. The third-order valence-corrected chi connectivity index (χ3v) is 2.82. The summed E-state index contributed by atoms with van der Waals surface area (Å²) < 4.78 is 9.98. The van der Waals surface area contributed by atoms with Crippen molar-refractivity contribution in [2.24, 2.45) is 5.92 Å². The molecule has 0 aromatic rings. The van der Waals surface area contributed by atoms with Crippen LogP contribution >= 0.6 is 0 Å². The van der Waals surface area contributed by atoms with E-state index >= 15 is 0 Å². The van der Waals surface area contributed by atoms with Crippen LogP contribution in [0, 0.1) is 34.9 Å². The fourth-order valence-electron chi connectivity index (χ4n) is 1.96. The summed E-state index contributed by atoms with van der Waals surface area (Å²) in [4.78, 5) is 4.27. The Morgan fingerprint density at radius 1 is 1.10 bits per heavy atom. The van der Waals surface area contributed by atoms with E-state index in [0.29, 0.717) is 6.10 Å². The van der Waals surface area contributed by atoms with Crippen molar-refractivity contribution in [2.45, 2.75) is 13.0 Å². The Kier molecular flexibility index (Phi) is 26.1. The largest absolute Gasteiger partial charge is 0.555 e. The second kappa shape index (κ2) is 17.4. The second-order valence-electron chi connectivity index (χ2n) is 4.57. The summed E-state index contributed by atoms with van der Waals surface area (Å²) >= 11 is 0. The summed E-state index contributed by atoms with van der Waals surface area (Å²) in [6.45, 7) is 8.04. The molecule has 2 radical (unpaired) electrons. The minimum atomic E-state index is 0. The molecule has 2 rings (SSSR count). The third-order valence-electron chi connectivity index (χ3n) is 2.82. The van der Waals surface area contributed by atoms with Gasteiger partial charge in [0.25, 0.3) is 0 Å². The van der Waals surface area contributed by atoms with E-state index < -0.39 is 0 Å². The molecule has 2 saturated heterocycles. The van der Waals surface area contributed by atoms with Crippen LogP contribution < -0.4 is 0 Å². The molecule has 2 fully saturated rings. The summed E-state index contributed by atoms with van der Waals surface area (Å²) in [6, 6.07) is 0. The molecule has 2 aliphatic heterocycles. The maximum Gasteiger partial charge on any atom is 0.0780 e. The summed E-state index contributed by atoms with van der Waals surface area (Å²) in [5, 5.41) is 0. The van der Waals surface area contributed by atoms with Crippen molar-refractivity contribution >= 4 is 0 Å². The summed E-state index contributed by atoms with van der Waals surface area (Å²) in [6.07, 6.45) is 0.470. The van der Waals surface area contributed by atoms with Gasteiger partial charge < -0.3 is 34.1 Å². The van der Waals surface area contributed by atoms with Crippen LogP contribution in [0.25, 0.3) is 0 Å². The van der Waals surface area contributed by atoms with E-state index in [1.807, 2.05) is 11.8 Å². The van der Waals surface area contributed by atoms with E-state index in [0.717, 1.165) is 32.2 Å². The molecule has 0 atom stereocenters. The van der Waals surface area contributed by atoms with Gasteiger partial charge in [-0.15, -0.1) is 0 Å². The molecule has 0 aromatic carbocycles. The Morgan fingerprint density at radius 3 is 1.90 bits per heavy atom. The second-order valence-corrected chi connectivity index (χ2v) is 4.57. The van der Waals surface area contributed by atoms with Crippen molar-refractivity contribution in [3.05, 3.63) is 29.0 Å². The van der Waals surface area contributed by atoms with E-state index in [4.69, 9.17) is 9.47 Å². The van der Waals surface area contributed by atoms with Gasteiger partial charge in [0.1, 0.15) is 0 Å². The van der Waals surface area contributed by atoms with E-state index in [9.17, 15) is 0 Å². The maximum absolute atomic E-state index is 5.27. The number of nitrogens with zero attached hydrogens (tertiary/aromatic N) is 2. The fourth-order valence-corrected chi connectivity index (χ4v) is 1.96. The van der Waals surface area contributed by atoms with Gasteiger partial charge in [-0.2, -0.15) is 0 Å². The quantitative estimate of drug-likeness (QED) is 0.628. The summed E-state index contributed by atoms with van der Waals surface area (Å²) in [5.74, 6) is 0.748. The van der Waals surface area contributed by atoms with Crippen LogP contribution in [0.1, 0.15) is 6.92 Å². The van der Waals surface area contributed by atoms with E-state index in [2.05, 4.69) is 26.1 Å². The van der Waals surface area contributed by atoms with Crippen molar-refractivity contribution in [2.75, 3.05) is 46.4 Å². The van der Waals surface area contributed by atoms with Gasteiger partial charge in [0.15, 0.2) is 0 Å². The van der Waals surface area contributed by atoms with Crippen molar-refractivity contribution in [1.82, 2.24) is 9.80 Å². The van der Waals surface area contributed by atoms with Gasteiger partial charge in [-0.3, -0.25) is 7.05 Å². The van der Waals surface area contributed by atoms with Gasteiger partial charge in [0.2, 0.25) is 0 Å². The van der Waals surface area contributed by atoms with Gasteiger partial charge in [0.05, 0.1) is 6.10 Å². The maximum atomic E-state index is 5.27. The van der Waals surface area contributed by atoms with Crippen LogP contribution in [0.15, 0.2) is 0 Å². The van der Waals surface area contributed by atoms with Crippen molar-refractivity contribution in [3.8, 4) is 0 Å². The molecule has 0 unspecified atom stereocenters. The zero-order valence-electron chi connectivity index (χ0n) is 13.7. The molecule has 2 heterocycles.